The SMILES string of the molecule is CCCCCCCCC/C=C/CCCCCCCC(=O)OC(CCCCCCCCC)CC(=O)NC(CO)C(O)CCCCCCCCCCCCC. The van der Waals surface area contributed by atoms with Crippen LogP contribution in [0.4, 0.5) is 0 Å². The predicted molar refractivity (Wildman–Crippen MR) is 227 cm³/mol. The molecule has 0 aliphatic carbocycles. The maximum absolute atomic E-state index is 13.1. The monoisotopic (exact) mass is 750 g/mol. The number of aliphatic hydroxyl groups excluding tert-OH is 2. The number of hydrogen-bond acceptors (Lipinski definition) is 5. The van der Waals surface area contributed by atoms with Gasteiger partial charge in [-0.2, -0.15) is 0 Å². The summed E-state index contributed by atoms with van der Waals surface area (Å²) in [6.07, 6.45) is 44.2. The quantitative estimate of drug-likeness (QED) is 0.0328. The Labute approximate surface area is 329 Å². The number of aliphatic hydroxyl groups is 2. The normalized spacial score (nSPS) is 13.4. The van der Waals surface area contributed by atoms with Crippen LogP contribution in [-0.4, -0.2) is 46.9 Å². The lowest BCUT2D eigenvalue weighted by Crippen LogP contribution is -2.46. The summed E-state index contributed by atoms with van der Waals surface area (Å²) in [5.74, 6) is -0.478. The molecular formula is C47H91NO5. The van der Waals surface area contributed by atoms with Crippen molar-refractivity contribution in [2.45, 2.75) is 270 Å². The molecule has 0 aromatic rings. The van der Waals surface area contributed by atoms with Crippen LogP contribution in [0.3, 0.4) is 0 Å². The Morgan fingerprint density at radius 3 is 1.34 bits per heavy atom. The summed E-state index contributed by atoms with van der Waals surface area (Å²) in [5, 5.41) is 23.6. The van der Waals surface area contributed by atoms with E-state index in [0.29, 0.717) is 19.3 Å². The van der Waals surface area contributed by atoms with E-state index < -0.39 is 18.2 Å². The molecule has 0 bridgehead atoms. The highest BCUT2D eigenvalue weighted by molar-refractivity contribution is 5.77. The van der Waals surface area contributed by atoms with E-state index in [4.69, 9.17) is 4.74 Å². The minimum atomic E-state index is -0.780. The van der Waals surface area contributed by atoms with Crippen molar-refractivity contribution in [2.24, 2.45) is 0 Å². The Bertz CT molecular complexity index is 802. The van der Waals surface area contributed by atoms with Crippen molar-refractivity contribution in [3.05, 3.63) is 12.2 Å². The van der Waals surface area contributed by atoms with E-state index in [2.05, 4.69) is 38.2 Å². The summed E-state index contributed by atoms with van der Waals surface area (Å²) in [7, 11) is 0. The summed E-state index contributed by atoms with van der Waals surface area (Å²) < 4.78 is 5.88. The Balaban J connectivity index is 4.40. The number of ether oxygens (including phenoxy) is 1. The van der Waals surface area contributed by atoms with Gasteiger partial charge in [0.1, 0.15) is 6.10 Å². The number of hydrogen-bond donors (Lipinski definition) is 3. The third-order valence-corrected chi connectivity index (χ3v) is 10.8. The van der Waals surface area contributed by atoms with Crippen molar-refractivity contribution in [3.63, 3.8) is 0 Å². The Morgan fingerprint density at radius 1 is 0.528 bits per heavy atom. The fourth-order valence-electron chi connectivity index (χ4n) is 7.25. The van der Waals surface area contributed by atoms with E-state index in [1.165, 1.54) is 154 Å². The smallest absolute Gasteiger partial charge is 0.306 e. The predicted octanol–water partition coefficient (Wildman–Crippen LogP) is 13.4. The summed E-state index contributed by atoms with van der Waals surface area (Å²) in [6.45, 7) is 6.44. The molecule has 6 heteroatoms. The zero-order valence-corrected chi connectivity index (χ0v) is 35.7. The summed E-state index contributed by atoms with van der Waals surface area (Å²) in [5.41, 5.74) is 0. The molecule has 53 heavy (non-hydrogen) atoms. The topological polar surface area (TPSA) is 95.9 Å². The molecular weight excluding hydrogens is 659 g/mol. The number of unbranched alkanes of at least 4 members (excludes halogenated alkanes) is 28. The first-order valence-electron chi connectivity index (χ1n) is 23.4. The molecule has 6 nitrogen and oxygen atoms in total. The molecule has 1 amide bonds. The van der Waals surface area contributed by atoms with Crippen LogP contribution in [0, 0.1) is 0 Å². The van der Waals surface area contributed by atoms with Gasteiger partial charge < -0.3 is 20.3 Å². The molecule has 0 aliphatic heterocycles. The Kier molecular flexibility index (Phi) is 40.7. The third-order valence-electron chi connectivity index (χ3n) is 10.8. The van der Waals surface area contributed by atoms with Crippen LogP contribution in [-0.2, 0) is 14.3 Å². The van der Waals surface area contributed by atoms with E-state index in [0.717, 1.165) is 51.4 Å². The van der Waals surface area contributed by atoms with Gasteiger partial charge in [0.05, 0.1) is 25.2 Å². The first kappa shape index (κ1) is 51.6. The van der Waals surface area contributed by atoms with Gasteiger partial charge >= 0.3 is 5.97 Å². The van der Waals surface area contributed by atoms with E-state index in [1.807, 2.05) is 0 Å². The molecule has 314 valence electrons. The number of nitrogens with one attached hydrogen (secondary N) is 1. The number of carbonyl (C=O) groups is 2. The highest BCUT2D eigenvalue weighted by atomic mass is 16.5. The zero-order chi connectivity index (χ0) is 38.9. The summed E-state index contributed by atoms with van der Waals surface area (Å²) in [6, 6.07) is -0.693. The third kappa shape index (κ3) is 37.3. The molecule has 0 aromatic heterocycles. The van der Waals surface area contributed by atoms with Crippen molar-refractivity contribution >= 4 is 11.9 Å². The van der Waals surface area contributed by atoms with Crippen LogP contribution in [0.25, 0.3) is 0 Å². The van der Waals surface area contributed by atoms with Gasteiger partial charge in [0, 0.05) is 6.42 Å². The van der Waals surface area contributed by atoms with Crippen molar-refractivity contribution in [1.82, 2.24) is 5.32 Å². The van der Waals surface area contributed by atoms with Gasteiger partial charge in [0.15, 0.2) is 0 Å². The first-order chi connectivity index (χ1) is 26.0. The molecule has 3 atom stereocenters. The van der Waals surface area contributed by atoms with Gasteiger partial charge in [-0.3, -0.25) is 9.59 Å². The van der Waals surface area contributed by atoms with Crippen LogP contribution in [0.2, 0.25) is 0 Å². The molecule has 3 unspecified atom stereocenters. The van der Waals surface area contributed by atoms with Gasteiger partial charge in [-0.15, -0.1) is 0 Å². The van der Waals surface area contributed by atoms with E-state index in [1.54, 1.807) is 0 Å². The molecule has 0 heterocycles. The number of amides is 1. The molecule has 3 N–H and O–H groups in total. The second-order valence-electron chi connectivity index (χ2n) is 16.2. The van der Waals surface area contributed by atoms with E-state index in [-0.39, 0.29) is 24.9 Å². The van der Waals surface area contributed by atoms with Gasteiger partial charge in [-0.25, -0.2) is 0 Å². The Morgan fingerprint density at radius 2 is 0.906 bits per heavy atom. The first-order valence-corrected chi connectivity index (χ1v) is 23.4. The summed E-state index contributed by atoms with van der Waals surface area (Å²) >= 11 is 0. The average molecular weight is 750 g/mol. The molecule has 0 radical (unpaired) electrons. The number of carbonyl (C=O) groups excluding carboxylic acids is 2. The van der Waals surface area contributed by atoms with Crippen molar-refractivity contribution in [3.8, 4) is 0 Å². The molecule has 0 aliphatic rings. The van der Waals surface area contributed by atoms with Crippen LogP contribution in [0.1, 0.15) is 252 Å². The maximum Gasteiger partial charge on any atom is 0.306 e. The fraction of sp³-hybridized carbons (Fsp3) is 0.915. The zero-order valence-electron chi connectivity index (χ0n) is 35.7. The lowest BCUT2D eigenvalue weighted by molar-refractivity contribution is -0.151. The van der Waals surface area contributed by atoms with E-state index >= 15 is 0 Å². The highest BCUT2D eigenvalue weighted by Crippen LogP contribution is 2.17. The molecule has 0 aromatic carbocycles. The van der Waals surface area contributed by atoms with Gasteiger partial charge in [-0.1, -0.05) is 200 Å². The van der Waals surface area contributed by atoms with Crippen LogP contribution >= 0.6 is 0 Å². The van der Waals surface area contributed by atoms with Crippen molar-refractivity contribution in [1.29, 1.82) is 0 Å². The van der Waals surface area contributed by atoms with Gasteiger partial charge in [0.25, 0.3) is 0 Å². The second kappa shape index (κ2) is 41.8. The van der Waals surface area contributed by atoms with Gasteiger partial charge in [0.2, 0.25) is 5.91 Å². The van der Waals surface area contributed by atoms with Crippen molar-refractivity contribution in [2.75, 3.05) is 6.61 Å². The lowest BCUT2D eigenvalue weighted by atomic mass is 10.0. The average Bonchev–Trinajstić information content (AvgIpc) is 3.15. The lowest BCUT2D eigenvalue weighted by Gasteiger charge is -2.24. The van der Waals surface area contributed by atoms with E-state index in [9.17, 15) is 19.8 Å². The highest BCUT2D eigenvalue weighted by Gasteiger charge is 2.24. The minimum absolute atomic E-state index is 0.0791. The van der Waals surface area contributed by atoms with Crippen molar-refractivity contribution < 1.29 is 24.5 Å². The summed E-state index contributed by atoms with van der Waals surface area (Å²) in [4.78, 5) is 25.9. The molecule has 0 fully saturated rings. The number of rotatable bonds is 42. The van der Waals surface area contributed by atoms with Crippen LogP contribution in [0.15, 0.2) is 12.2 Å². The standard InChI is InChI=1S/C47H91NO5/c1-4-7-10-13-16-18-20-21-22-23-24-26-28-31-34-37-40-47(52)53-43(38-35-32-29-15-12-9-6-3)41-46(51)48-44(42-49)45(50)39-36-33-30-27-25-19-17-14-11-8-5-2/h22-23,43-45,49-50H,4-21,24-42H2,1-3H3,(H,48,51)/b23-22+. The largest absolute Gasteiger partial charge is 0.462 e. The molecule has 0 saturated carbocycles. The minimum Gasteiger partial charge on any atom is -0.462 e. The Hall–Kier alpha value is -1.40. The van der Waals surface area contributed by atoms with Crippen LogP contribution in [0.5, 0.6) is 0 Å². The molecule has 0 saturated heterocycles. The number of allylic oxidation sites excluding steroid dienone is 2. The fourth-order valence-corrected chi connectivity index (χ4v) is 7.25. The molecule has 0 spiro atoms. The number of esters is 1. The molecule has 0 rings (SSSR count). The van der Waals surface area contributed by atoms with Gasteiger partial charge in [-0.05, 0) is 51.4 Å². The van der Waals surface area contributed by atoms with Crippen LogP contribution < -0.4 is 5.32 Å². The maximum atomic E-state index is 13.1. The second-order valence-corrected chi connectivity index (χ2v) is 16.2.